The molecular weight excluding hydrogens is 342 g/mol. The minimum atomic E-state index is 0.0384. The van der Waals surface area contributed by atoms with Crippen LogP contribution in [0, 0.1) is 0 Å². The molecule has 1 aliphatic heterocycles. The maximum atomic E-state index is 12.8. The summed E-state index contributed by atoms with van der Waals surface area (Å²) in [7, 11) is 0. The highest BCUT2D eigenvalue weighted by molar-refractivity contribution is 5.94. The second kappa shape index (κ2) is 8.09. The van der Waals surface area contributed by atoms with E-state index in [1.54, 1.807) is 23.4 Å². The van der Waals surface area contributed by atoms with Crippen molar-refractivity contribution in [2.75, 3.05) is 13.1 Å². The largest absolute Gasteiger partial charge is 0.370 e. The molecule has 1 saturated heterocycles. The van der Waals surface area contributed by atoms with E-state index in [2.05, 4.69) is 15.2 Å². The van der Waals surface area contributed by atoms with Gasteiger partial charge in [-0.2, -0.15) is 0 Å². The number of benzene rings is 1. The molecule has 1 aliphatic rings. The maximum absolute atomic E-state index is 12.8. The van der Waals surface area contributed by atoms with Crippen LogP contribution in [0.3, 0.4) is 0 Å². The third kappa shape index (κ3) is 4.20. The molecule has 138 valence electrons. The van der Waals surface area contributed by atoms with Gasteiger partial charge in [0.1, 0.15) is 12.7 Å². The standard InChI is InChI=1S/C20H21N5O2/c26-20(16-6-8-18(9-7-16)25-14-22-23-15-25)24-11-3-5-19(12-24)27-13-17-4-1-2-10-21-17/h1-2,4,6-10,14-15,19H,3,5,11-13H2/t19-/m1/s1. The Kier molecular flexibility index (Phi) is 5.20. The van der Waals surface area contributed by atoms with Crippen molar-refractivity contribution in [2.45, 2.75) is 25.6 Å². The number of likely N-dealkylation sites (tertiary alicyclic amines) is 1. The van der Waals surface area contributed by atoms with Gasteiger partial charge in [-0.15, -0.1) is 10.2 Å². The first-order chi connectivity index (χ1) is 13.3. The van der Waals surface area contributed by atoms with E-state index in [-0.39, 0.29) is 12.0 Å². The number of carbonyl (C=O) groups is 1. The Morgan fingerprint density at radius 1 is 1.11 bits per heavy atom. The number of ether oxygens (including phenoxy) is 1. The zero-order valence-corrected chi connectivity index (χ0v) is 14.9. The summed E-state index contributed by atoms with van der Waals surface area (Å²) in [6, 6.07) is 13.3. The minimum Gasteiger partial charge on any atom is -0.370 e. The van der Waals surface area contributed by atoms with Gasteiger partial charge in [-0.25, -0.2) is 0 Å². The van der Waals surface area contributed by atoms with Crippen molar-refractivity contribution in [2.24, 2.45) is 0 Å². The molecule has 3 aromatic rings. The molecule has 1 aromatic carbocycles. The summed E-state index contributed by atoms with van der Waals surface area (Å²) in [5.74, 6) is 0.0384. The highest BCUT2D eigenvalue weighted by atomic mass is 16.5. The molecule has 4 rings (SSSR count). The predicted octanol–water partition coefficient (Wildman–Crippen LogP) is 2.48. The van der Waals surface area contributed by atoms with Gasteiger partial charge in [-0.05, 0) is 49.2 Å². The monoisotopic (exact) mass is 363 g/mol. The Bertz CT molecular complexity index is 865. The predicted molar refractivity (Wildman–Crippen MR) is 99.3 cm³/mol. The summed E-state index contributed by atoms with van der Waals surface area (Å²) in [5, 5.41) is 7.59. The van der Waals surface area contributed by atoms with Gasteiger partial charge in [0.25, 0.3) is 5.91 Å². The molecule has 7 nitrogen and oxygen atoms in total. The average molecular weight is 363 g/mol. The summed E-state index contributed by atoms with van der Waals surface area (Å²) in [4.78, 5) is 19.0. The number of aromatic nitrogens is 4. The van der Waals surface area contributed by atoms with Gasteiger partial charge >= 0.3 is 0 Å². The molecule has 1 amide bonds. The zero-order valence-electron chi connectivity index (χ0n) is 14.9. The van der Waals surface area contributed by atoms with Crippen LogP contribution in [0.15, 0.2) is 61.3 Å². The smallest absolute Gasteiger partial charge is 0.253 e. The highest BCUT2D eigenvalue weighted by Gasteiger charge is 2.25. The van der Waals surface area contributed by atoms with Crippen LogP contribution in [0.2, 0.25) is 0 Å². The van der Waals surface area contributed by atoms with E-state index < -0.39 is 0 Å². The molecule has 0 N–H and O–H groups in total. The van der Waals surface area contributed by atoms with Crippen LogP contribution in [0.25, 0.3) is 5.69 Å². The quantitative estimate of drug-likeness (QED) is 0.696. The highest BCUT2D eigenvalue weighted by Crippen LogP contribution is 2.18. The van der Waals surface area contributed by atoms with Crippen molar-refractivity contribution in [3.8, 4) is 5.69 Å². The zero-order chi connectivity index (χ0) is 18.5. The Balaban J connectivity index is 1.36. The maximum Gasteiger partial charge on any atom is 0.253 e. The lowest BCUT2D eigenvalue weighted by Crippen LogP contribution is -2.43. The van der Waals surface area contributed by atoms with E-state index >= 15 is 0 Å². The number of piperidine rings is 1. The van der Waals surface area contributed by atoms with Crippen LogP contribution in [0.4, 0.5) is 0 Å². The van der Waals surface area contributed by atoms with E-state index in [1.165, 1.54) is 0 Å². The second-order valence-corrected chi connectivity index (χ2v) is 6.56. The first-order valence-electron chi connectivity index (χ1n) is 9.05. The lowest BCUT2D eigenvalue weighted by atomic mass is 10.1. The molecular formula is C20H21N5O2. The molecule has 3 heterocycles. The van der Waals surface area contributed by atoms with Gasteiger partial charge in [0, 0.05) is 30.5 Å². The average Bonchev–Trinajstić information content (AvgIpc) is 3.28. The molecule has 1 fully saturated rings. The molecule has 0 bridgehead atoms. The number of hydrogen-bond donors (Lipinski definition) is 0. The number of rotatable bonds is 5. The van der Waals surface area contributed by atoms with Gasteiger partial charge < -0.3 is 9.64 Å². The van der Waals surface area contributed by atoms with Crippen molar-refractivity contribution in [1.29, 1.82) is 0 Å². The van der Waals surface area contributed by atoms with Crippen LogP contribution in [0.5, 0.6) is 0 Å². The van der Waals surface area contributed by atoms with Gasteiger partial charge in [0.05, 0.1) is 18.4 Å². The summed E-state index contributed by atoms with van der Waals surface area (Å²) in [6.07, 6.45) is 6.97. The normalized spacial score (nSPS) is 17.0. The SMILES string of the molecule is O=C(c1ccc(-n2cnnc2)cc1)N1CCC[C@@H](OCc2ccccn2)C1. The van der Waals surface area contributed by atoms with Crippen LogP contribution in [-0.2, 0) is 11.3 Å². The fourth-order valence-corrected chi connectivity index (χ4v) is 3.24. The fraction of sp³-hybridized carbons (Fsp3) is 0.300. The van der Waals surface area contributed by atoms with Gasteiger partial charge in [-0.1, -0.05) is 6.07 Å². The molecule has 0 saturated carbocycles. The molecule has 2 aromatic heterocycles. The first-order valence-corrected chi connectivity index (χ1v) is 9.05. The third-order valence-electron chi connectivity index (χ3n) is 4.69. The summed E-state index contributed by atoms with van der Waals surface area (Å²) < 4.78 is 7.78. The Morgan fingerprint density at radius 3 is 2.67 bits per heavy atom. The van der Waals surface area contributed by atoms with Crippen LogP contribution in [-0.4, -0.2) is 49.7 Å². The van der Waals surface area contributed by atoms with Crippen molar-refractivity contribution < 1.29 is 9.53 Å². The number of amides is 1. The number of pyridine rings is 1. The second-order valence-electron chi connectivity index (χ2n) is 6.56. The summed E-state index contributed by atoms with van der Waals surface area (Å²) in [6.45, 7) is 1.84. The molecule has 27 heavy (non-hydrogen) atoms. The Morgan fingerprint density at radius 2 is 1.93 bits per heavy atom. The Labute approximate surface area is 157 Å². The Hall–Kier alpha value is -3.06. The van der Waals surface area contributed by atoms with E-state index in [4.69, 9.17) is 4.74 Å². The summed E-state index contributed by atoms with van der Waals surface area (Å²) in [5.41, 5.74) is 2.51. The van der Waals surface area contributed by atoms with E-state index in [1.807, 2.05) is 47.4 Å². The first kappa shape index (κ1) is 17.4. The lowest BCUT2D eigenvalue weighted by molar-refractivity contribution is -0.00785. The van der Waals surface area contributed by atoms with Gasteiger partial charge in [0.15, 0.2) is 0 Å². The molecule has 7 heteroatoms. The topological polar surface area (TPSA) is 73.1 Å². The number of nitrogens with zero attached hydrogens (tertiary/aromatic N) is 5. The van der Waals surface area contributed by atoms with Crippen LogP contribution >= 0.6 is 0 Å². The van der Waals surface area contributed by atoms with Crippen LogP contribution in [0.1, 0.15) is 28.9 Å². The third-order valence-corrected chi connectivity index (χ3v) is 4.69. The van der Waals surface area contributed by atoms with Crippen molar-refractivity contribution in [1.82, 2.24) is 24.6 Å². The molecule has 0 unspecified atom stereocenters. The van der Waals surface area contributed by atoms with Crippen molar-refractivity contribution in [3.63, 3.8) is 0 Å². The summed E-state index contributed by atoms with van der Waals surface area (Å²) >= 11 is 0. The van der Waals surface area contributed by atoms with Crippen molar-refractivity contribution >= 4 is 5.91 Å². The fourth-order valence-electron chi connectivity index (χ4n) is 3.24. The van der Waals surface area contributed by atoms with Crippen LogP contribution < -0.4 is 0 Å². The molecule has 0 spiro atoms. The molecule has 0 radical (unpaired) electrons. The van der Waals surface area contributed by atoms with E-state index in [0.29, 0.717) is 18.7 Å². The van der Waals surface area contributed by atoms with Gasteiger partial charge in [-0.3, -0.25) is 14.3 Å². The minimum absolute atomic E-state index is 0.0384. The van der Waals surface area contributed by atoms with E-state index in [9.17, 15) is 4.79 Å². The van der Waals surface area contributed by atoms with Crippen molar-refractivity contribution in [3.05, 3.63) is 72.6 Å². The molecule has 1 atom stereocenters. The number of hydrogen-bond acceptors (Lipinski definition) is 5. The molecule has 0 aliphatic carbocycles. The number of carbonyl (C=O) groups excluding carboxylic acids is 1. The lowest BCUT2D eigenvalue weighted by Gasteiger charge is -2.32. The van der Waals surface area contributed by atoms with Gasteiger partial charge in [0.2, 0.25) is 0 Å². The van der Waals surface area contributed by atoms with E-state index in [0.717, 1.165) is 30.8 Å².